The van der Waals surface area contributed by atoms with Crippen LogP contribution >= 0.6 is 0 Å². The molecular weight excluding hydrogens is 258 g/mol. The molecule has 0 aromatic heterocycles. The summed E-state index contributed by atoms with van der Waals surface area (Å²) < 4.78 is 15.3. The van der Waals surface area contributed by atoms with Crippen molar-refractivity contribution in [1.82, 2.24) is 0 Å². The number of rotatable bonds is 5. The van der Waals surface area contributed by atoms with Crippen molar-refractivity contribution in [2.24, 2.45) is 5.92 Å². The molecule has 0 spiro atoms. The largest absolute Gasteiger partial charge is 0.465 e. The Bertz CT molecular complexity index is 559. The lowest BCUT2D eigenvalue weighted by molar-refractivity contribution is -0.145. The molecular formula is C15H15NO4. The summed E-state index contributed by atoms with van der Waals surface area (Å²) in [6, 6.07) is 7.51. The SMILES string of the molecule is CCOC(=O)C(C#N)C/C=C/c1ccc2c(c1)OCO2. The van der Waals surface area contributed by atoms with Crippen molar-refractivity contribution in [3.63, 3.8) is 0 Å². The van der Waals surface area contributed by atoms with E-state index in [1.165, 1.54) is 0 Å². The van der Waals surface area contributed by atoms with E-state index < -0.39 is 11.9 Å². The van der Waals surface area contributed by atoms with Gasteiger partial charge < -0.3 is 14.2 Å². The molecule has 0 aliphatic carbocycles. The Labute approximate surface area is 117 Å². The van der Waals surface area contributed by atoms with Crippen LogP contribution in [0.1, 0.15) is 18.9 Å². The van der Waals surface area contributed by atoms with Crippen LogP contribution in [-0.2, 0) is 9.53 Å². The molecule has 0 saturated carbocycles. The third-order valence-electron chi connectivity index (χ3n) is 2.81. The Morgan fingerprint density at radius 2 is 2.30 bits per heavy atom. The molecule has 20 heavy (non-hydrogen) atoms. The van der Waals surface area contributed by atoms with Crippen LogP contribution in [0.15, 0.2) is 24.3 Å². The van der Waals surface area contributed by atoms with Gasteiger partial charge in [-0.05, 0) is 31.0 Å². The van der Waals surface area contributed by atoms with Gasteiger partial charge in [0.25, 0.3) is 0 Å². The third-order valence-corrected chi connectivity index (χ3v) is 2.81. The molecule has 0 radical (unpaired) electrons. The summed E-state index contributed by atoms with van der Waals surface area (Å²) in [6.45, 7) is 2.24. The molecule has 104 valence electrons. The lowest BCUT2D eigenvalue weighted by Crippen LogP contribution is -2.15. The van der Waals surface area contributed by atoms with Gasteiger partial charge in [0.1, 0.15) is 5.92 Å². The second-order valence-electron chi connectivity index (χ2n) is 4.18. The molecule has 0 saturated heterocycles. The highest BCUT2D eigenvalue weighted by molar-refractivity contribution is 5.75. The standard InChI is InChI=1S/C15H15NO4/c1-2-18-15(17)12(9-16)5-3-4-11-6-7-13-14(8-11)20-10-19-13/h3-4,6-8,12H,2,5,10H2,1H3/b4-3+. The van der Waals surface area contributed by atoms with Crippen LogP contribution in [0.25, 0.3) is 6.08 Å². The van der Waals surface area contributed by atoms with Gasteiger partial charge in [-0.15, -0.1) is 0 Å². The summed E-state index contributed by atoms with van der Waals surface area (Å²) >= 11 is 0. The maximum Gasteiger partial charge on any atom is 0.323 e. The molecule has 1 atom stereocenters. The van der Waals surface area contributed by atoms with Crippen molar-refractivity contribution in [3.05, 3.63) is 29.8 Å². The van der Waals surface area contributed by atoms with E-state index >= 15 is 0 Å². The molecule has 0 amide bonds. The highest BCUT2D eigenvalue weighted by atomic mass is 16.7. The normalized spacial score (nSPS) is 14.0. The fraction of sp³-hybridized carbons (Fsp3) is 0.333. The van der Waals surface area contributed by atoms with Crippen molar-refractivity contribution < 1.29 is 19.0 Å². The number of fused-ring (bicyclic) bond motifs is 1. The van der Waals surface area contributed by atoms with Gasteiger partial charge in [0.2, 0.25) is 6.79 Å². The maximum atomic E-state index is 11.5. The lowest BCUT2D eigenvalue weighted by Gasteiger charge is -2.05. The van der Waals surface area contributed by atoms with Crippen LogP contribution in [0.2, 0.25) is 0 Å². The summed E-state index contributed by atoms with van der Waals surface area (Å²) in [4.78, 5) is 11.5. The van der Waals surface area contributed by atoms with Crippen LogP contribution in [0, 0.1) is 17.2 Å². The van der Waals surface area contributed by atoms with Crippen LogP contribution < -0.4 is 9.47 Å². The molecule has 1 heterocycles. The Balaban J connectivity index is 1.96. The zero-order valence-electron chi connectivity index (χ0n) is 11.2. The molecule has 0 N–H and O–H groups in total. The van der Waals surface area contributed by atoms with E-state index in [1.807, 2.05) is 30.3 Å². The van der Waals surface area contributed by atoms with E-state index in [2.05, 4.69) is 0 Å². The first-order valence-corrected chi connectivity index (χ1v) is 6.37. The van der Waals surface area contributed by atoms with E-state index in [4.69, 9.17) is 19.5 Å². The van der Waals surface area contributed by atoms with Gasteiger partial charge in [-0.3, -0.25) is 4.79 Å². The number of benzene rings is 1. The number of nitriles is 1. The van der Waals surface area contributed by atoms with Crippen molar-refractivity contribution in [3.8, 4) is 17.6 Å². The molecule has 1 aliphatic heterocycles. The summed E-state index contributed by atoms with van der Waals surface area (Å²) in [7, 11) is 0. The van der Waals surface area contributed by atoms with Gasteiger partial charge in [0.05, 0.1) is 12.7 Å². The van der Waals surface area contributed by atoms with Crippen molar-refractivity contribution >= 4 is 12.0 Å². The van der Waals surface area contributed by atoms with Crippen molar-refractivity contribution in [2.45, 2.75) is 13.3 Å². The highest BCUT2D eigenvalue weighted by Crippen LogP contribution is 2.32. The summed E-state index contributed by atoms with van der Waals surface area (Å²) in [6.07, 6.45) is 3.94. The van der Waals surface area contributed by atoms with Gasteiger partial charge in [0.15, 0.2) is 11.5 Å². The number of nitrogens with zero attached hydrogens (tertiary/aromatic N) is 1. The topological polar surface area (TPSA) is 68.6 Å². The fourth-order valence-electron chi connectivity index (χ4n) is 1.80. The molecule has 1 aromatic rings. The van der Waals surface area contributed by atoms with E-state index in [1.54, 1.807) is 13.0 Å². The second kappa shape index (κ2) is 6.62. The zero-order valence-corrected chi connectivity index (χ0v) is 11.2. The third kappa shape index (κ3) is 3.29. The van der Waals surface area contributed by atoms with E-state index in [0.717, 1.165) is 11.3 Å². The Morgan fingerprint density at radius 3 is 3.05 bits per heavy atom. The number of carbonyl (C=O) groups excluding carboxylic acids is 1. The first-order valence-electron chi connectivity index (χ1n) is 6.37. The summed E-state index contributed by atoms with van der Waals surface area (Å²) in [5, 5.41) is 8.93. The molecule has 5 nitrogen and oxygen atoms in total. The number of hydrogen-bond acceptors (Lipinski definition) is 5. The minimum atomic E-state index is -0.764. The minimum absolute atomic E-state index is 0.238. The predicted molar refractivity (Wildman–Crippen MR) is 72.0 cm³/mol. The van der Waals surface area contributed by atoms with Crippen LogP contribution in [0.3, 0.4) is 0 Å². The number of esters is 1. The van der Waals surface area contributed by atoms with E-state index in [-0.39, 0.29) is 13.4 Å². The highest BCUT2D eigenvalue weighted by Gasteiger charge is 2.17. The fourth-order valence-corrected chi connectivity index (χ4v) is 1.80. The van der Waals surface area contributed by atoms with E-state index in [9.17, 15) is 4.79 Å². The average molecular weight is 273 g/mol. The first kappa shape index (κ1) is 13.9. The van der Waals surface area contributed by atoms with Gasteiger partial charge in [-0.2, -0.15) is 5.26 Å². The Kier molecular flexibility index (Phi) is 4.61. The molecule has 0 bridgehead atoms. The molecule has 0 fully saturated rings. The van der Waals surface area contributed by atoms with Crippen LogP contribution in [-0.4, -0.2) is 19.4 Å². The first-order chi connectivity index (χ1) is 9.74. The summed E-state index contributed by atoms with van der Waals surface area (Å²) in [5.41, 5.74) is 0.926. The number of carbonyl (C=O) groups is 1. The van der Waals surface area contributed by atoms with Gasteiger partial charge in [-0.1, -0.05) is 18.2 Å². The lowest BCUT2D eigenvalue weighted by atomic mass is 10.1. The quantitative estimate of drug-likeness (QED) is 0.771. The molecule has 1 unspecified atom stereocenters. The molecule has 1 aromatic carbocycles. The minimum Gasteiger partial charge on any atom is -0.465 e. The monoisotopic (exact) mass is 273 g/mol. The van der Waals surface area contributed by atoms with Gasteiger partial charge >= 0.3 is 5.97 Å². The van der Waals surface area contributed by atoms with E-state index in [0.29, 0.717) is 12.2 Å². The number of hydrogen-bond donors (Lipinski definition) is 0. The van der Waals surface area contributed by atoms with Crippen LogP contribution in [0.5, 0.6) is 11.5 Å². The van der Waals surface area contributed by atoms with Gasteiger partial charge in [0, 0.05) is 0 Å². The number of allylic oxidation sites excluding steroid dienone is 1. The van der Waals surface area contributed by atoms with Crippen molar-refractivity contribution in [1.29, 1.82) is 5.26 Å². The second-order valence-corrected chi connectivity index (χ2v) is 4.18. The average Bonchev–Trinajstić information content (AvgIpc) is 2.91. The molecule has 5 heteroatoms. The van der Waals surface area contributed by atoms with Crippen LogP contribution in [0.4, 0.5) is 0 Å². The Hall–Kier alpha value is -2.48. The summed E-state index contributed by atoms with van der Waals surface area (Å²) in [5.74, 6) is 0.184. The maximum absolute atomic E-state index is 11.5. The Morgan fingerprint density at radius 1 is 1.50 bits per heavy atom. The van der Waals surface area contributed by atoms with Crippen molar-refractivity contribution in [2.75, 3.05) is 13.4 Å². The molecule has 2 rings (SSSR count). The number of ether oxygens (including phenoxy) is 3. The predicted octanol–water partition coefficient (Wildman–Crippen LogP) is 2.52. The van der Waals surface area contributed by atoms with Gasteiger partial charge in [-0.25, -0.2) is 0 Å². The zero-order chi connectivity index (χ0) is 14.4. The smallest absolute Gasteiger partial charge is 0.323 e. The molecule has 1 aliphatic rings.